The molecule has 106 valence electrons. The maximum atomic E-state index is 13.8. The topological polar surface area (TPSA) is 34.1 Å². The van der Waals surface area contributed by atoms with Crippen molar-refractivity contribution >= 4 is 11.6 Å². The molecule has 1 unspecified atom stereocenters. The Hall–Kier alpha value is -0.780. The number of halogens is 3. The second kappa shape index (κ2) is 5.31. The fourth-order valence-electron chi connectivity index (χ4n) is 2.49. The Kier molecular flexibility index (Phi) is 4.08. The molecule has 1 atom stereocenters. The lowest BCUT2D eigenvalue weighted by Gasteiger charge is -2.37. The van der Waals surface area contributed by atoms with Gasteiger partial charge in [-0.25, -0.2) is 8.78 Å². The number of aromatic nitrogens is 1. The first-order valence-electron chi connectivity index (χ1n) is 6.19. The van der Waals surface area contributed by atoms with Crippen LogP contribution in [0.1, 0.15) is 31.0 Å². The molecule has 0 amide bonds. The van der Waals surface area contributed by atoms with Crippen molar-refractivity contribution in [3.8, 4) is 0 Å². The van der Waals surface area contributed by atoms with E-state index in [0.29, 0.717) is 13.0 Å². The molecule has 0 radical (unpaired) electrons. The number of nitrogens with one attached hydrogen (secondary N) is 1. The van der Waals surface area contributed by atoms with Gasteiger partial charge in [0.1, 0.15) is 5.60 Å². The molecule has 6 heteroatoms. The Morgan fingerprint density at radius 3 is 2.79 bits per heavy atom. The number of nitrogens with zero attached hydrogens (tertiary/aromatic N) is 1. The molecular formula is C13H17ClF2N2O. The molecular weight excluding hydrogens is 274 g/mol. The van der Waals surface area contributed by atoms with Gasteiger partial charge in [-0.1, -0.05) is 11.6 Å². The molecule has 0 spiro atoms. The molecule has 0 saturated carbocycles. The van der Waals surface area contributed by atoms with Crippen molar-refractivity contribution < 1.29 is 13.5 Å². The number of pyridine rings is 1. The van der Waals surface area contributed by atoms with Gasteiger partial charge in [-0.05, 0) is 25.5 Å². The highest BCUT2D eigenvalue weighted by Crippen LogP contribution is 2.39. The van der Waals surface area contributed by atoms with Crippen LogP contribution in [0.3, 0.4) is 0 Å². The minimum absolute atomic E-state index is 0.162. The average Bonchev–Trinajstić information content (AvgIpc) is 2.38. The molecule has 1 aromatic heterocycles. The summed E-state index contributed by atoms with van der Waals surface area (Å²) in [5.74, 6) is -3.00. The summed E-state index contributed by atoms with van der Waals surface area (Å²) in [6.07, 6.45) is 2.91. The fraction of sp³-hybridized carbons (Fsp3) is 0.615. The highest BCUT2D eigenvalue weighted by molar-refractivity contribution is 6.30. The number of hydrogen-bond acceptors (Lipinski definition) is 3. The summed E-state index contributed by atoms with van der Waals surface area (Å²) in [7, 11) is 1.53. The third kappa shape index (κ3) is 2.88. The van der Waals surface area contributed by atoms with Crippen LogP contribution in [-0.4, -0.2) is 25.2 Å². The Bertz CT molecular complexity index is 456. The van der Waals surface area contributed by atoms with Gasteiger partial charge in [0.25, 0.3) is 5.92 Å². The number of hydrogen-bond donors (Lipinski definition) is 1. The molecule has 1 saturated heterocycles. The molecule has 3 nitrogen and oxygen atoms in total. The van der Waals surface area contributed by atoms with Crippen molar-refractivity contribution in [2.75, 3.05) is 20.2 Å². The van der Waals surface area contributed by atoms with Crippen LogP contribution in [-0.2, 0) is 16.3 Å². The van der Waals surface area contributed by atoms with Gasteiger partial charge in [-0.2, -0.15) is 0 Å². The van der Waals surface area contributed by atoms with Crippen LogP contribution in [0.15, 0.2) is 12.3 Å². The molecule has 2 rings (SSSR count). The van der Waals surface area contributed by atoms with E-state index >= 15 is 0 Å². The van der Waals surface area contributed by atoms with Crippen molar-refractivity contribution in [1.29, 1.82) is 0 Å². The summed E-state index contributed by atoms with van der Waals surface area (Å²) in [6, 6.07) is 1.28. The summed E-state index contributed by atoms with van der Waals surface area (Å²) in [6.45, 7) is 2.18. The average molecular weight is 291 g/mol. The first-order chi connectivity index (χ1) is 8.89. The molecule has 1 fully saturated rings. The van der Waals surface area contributed by atoms with E-state index in [1.165, 1.54) is 19.4 Å². The zero-order valence-electron chi connectivity index (χ0n) is 11.0. The SMILES string of the molecule is COC1(c2ncc(Cl)cc2C(C)(F)F)CCCNC1. The molecule has 19 heavy (non-hydrogen) atoms. The quantitative estimate of drug-likeness (QED) is 0.929. The normalized spacial score (nSPS) is 24.5. The van der Waals surface area contributed by atoms with Crippen molar-refractivity contribution in [2.45, 2.75) is 31.3 Å². The van der Waals surface area contributed by atoms with E-state index in [9.17, 15) is 8.78 Å². The van der Waals surface area contributed by atoms with Gasteiger partial charge >= 0.3 is 0 Å². The third-order valence-electron chi connectivity index (χ3n) is 3.49. The number of alkyl halides is 2. The highest BCUT2D eigenvalue weighted by atomic mass is 35.5. The van der Waals surface area contributed by atoms with Crippen LogP contribution in [0.25, 0.3) is 0 Å². The molecule has 1 aliphatic rings. The molecule has 0 aliphatic carbocycles. The van der Waals surface area contributed by atoms with E-state index in [1.807, 2.05) is 0 Å². The van der Waals surface area contributed by atoms with Crippen molar-refractivity contribution in [2.24, 2.45) is 0 Å². The summed E-state index contributed by atoms with van der Waals surface area (Å²) < 4.78 is 33.1. The van der Waals surface area contributed by atoms with Crippen LogP contribution in [0.2, 0.25) is 5.02 Å². The van der Waals surface area contributed by atoms with Crippen LogP contribution < -0.4 is 5.32 Å². The minimum atomic E-state index is -3.00. The van der Waals surface area contributed by atoms with Crippen LogP contribution >= 0.6 is 11.6 Å². The lowest BCUT2D eigenvalue weighted by molar-refractivity contribution is -0.0462. The molecule has 1 aliphatic heterocycles. The lowest BCUT2D eigenvalue weighted by atomic mass is 9.86. The fourth-order valence-corrected chi connectivity index (χ4v) is 2.65. The monoisotopic (exact) mass is 290 g/mol. The predicted octanol–water partition coefficient (Wildman–Crippen LogP) is 3.07. The van der Waals surface area contributed by atoms with Gasteiger partial charge in [-0.3, -0.25) is 4.98 Å². The van der Waals surface area contributed by atoms with Crippen LogP contribution in [0, 0.1) is 0 Å². The Morgan fingerprint density at radius 2 is 2.26 bits per heavy atom. The Balaban J connectivity index is 2.54. The zero-order chi connectivity index (χ0) is 14.1. The smallest absolute Gasteiger partial charge is 0.272 e. The van der Waals surface area contributed by atoms with Crippen molar-refractivity contribution in [3.63, 3.8) is 0 Å². The van der Waals surface area contributed by atoms with Crippen molar-refractivity contribution in [1.82, 2.24) is 10.3 Å². The van der Waals surface area contributed by atoms with E-state index in [1.54, 1.807) is 0 Å². The highest BCUT2D eigenvalue weighted by Gasteiger charge is 2.41. The summed E-state index contributed by atoms with van der Waals surface area (Å²) in [5.41, 5.74) is -0.693. The molecule has 0 aromatic carbocycles. The summed E-state index contributed by atoms with van der Waals surface area (Å²) in [5, 5.41) is 3.38. The largest absolute Gasteiger partial charge is 0.371 e. The molecule has 1 N–H and O–H groups in total. The number of methoxy groups -OCH3 is 1. The summed E-state index contributed by atoms with van der Waals surface area (Å²) in [4.78, 5) is 4.13. The first-order valence-corrected chi connectivity index (χ1v) is 6.57. The number of piperidine rings is 1. The lowest BCUT2D eigenvalue weighted by Crippen LogP contribution is -2.46. The Labute approximate surface area is 116 Å². The van der Waals surface area contributed by atoms with Crippen LogP contribution in [0.4, 0.5) is 8.78 Å². The molecule has 2 heterocycles. The number of rotatable bonds is 3. The van der Waals surface area contributed by atoms with E-state index in [2.05, 4.69) is 10.3 Å². The van der Waals surface area contributed by atoms with Gasteiger partial charge < -0.3 is 10.1 Å². The maximum Gasteiger partial charge on any atom is 0.272 e. The molecule has 0 bridgehead atoms. The predicted molar refractivity (Wildman–Crippen MR) is 69.6 cm³/mol. The van der Waals surface area contributed by atoms with Gasteiger partial charge in [0.15, 0.2) is 0 Å². The number of ether oxygens (including phenoxy) is 1. The van der Waals surface area contributed by atoms with E-state index < -0.39 is 11.5 Å². The van der Waals surface area contributed by atoms with Gasteiger partial charge in [0, 0.05) is 32.3 Å². The Morgan fingerprint density at radius 1 is 1.53 bits per heavy atom. The van der Waals surface area contributed by atoms with E-state index in [4.69, 9.17) is 16.3 Å². The van der Waals surface area contributed by atoms with Crippen LogP contribution in [0.5, 0.6) is 0 Å². The van der Waals surface area contributed by atoms with Gasteiger partial charge in [0.2, 0.25) is 0 Å². The first kappa shape index (κ1) is 14.6. The van der Waals surface area contributed by atoms with Crippen molar-refractivity contribution in [3.05, 3.63) is 28.5 Å². The molecule has 1 aromatic rings. The van der Waals surface area contributed by atoms with E-state index in [-0.39, 0.29) is 16.3 Å². The van der Waals surface area contributed by atoms with Gasteiger partial charge in [0.05, 0.1) is 10.7 Å². The second-order valence-electron chi connectivity index (χ2n) is 4.92. The maximum absolute atomic E-state index is 13.8. The van der Waals surface area contributed by atoms with E-state index in [0.717, 1.165) is 19.9 Å². The minimum Gasteiger partial charge on any atom is -0.371 e. The standard InChI is InChI=1S/C13H17ClF2N2O/c1-12(15,16)10-6-9(14)7-18-11(10)13(19-2)4-3-5-17-8-13/h6-7,17H,3-5,8H2,1-2H3. The third-order valence-corrected chi connectivity index (χ3v) is 3.70. The van der Waals surface area contributed by atoms with Gasteiger partial charge in [-0.15, -0.1) is 0 Å². The zero-order valence-corrected chi connectivity index (χ0v) is 11.7. The summed E-state index contributed by atoms with van der Waals surface area (Å²) >= 11 is 5.80. The second-order valence-corrected chi connectivity index (χ2v) is 5.35.